The first-order valence-electron chi connectivity index (χ1n) is 17.0. The summed E-state index contributed by atoms with van der Waals surface area (Å²) in [6.45, 7) is -0.151. The Hall–Kier alpha value is -3.34. The molecule has 0 saturated carbocycles. The number of rotatable bonds is 22. The fraction of sp³-hybridized carbons (Fsp3) is 0.806. The van der Waals surface area contributed by atoms with Gasteiger partial charge in [-0.15, -0.1) is 0 Å². The lowest BCUT2D eigenvalue weighted by molar-refractivity contribution is -0.461. The molecule has 1 aromatic rings. The number of nitrogens with zero attached hydrogens (tertiary/aromatic N) is 1. The molecular weight excluding hydrogens is 1070 g/mol. The van der Waals surface area contributed by atoms with Gasteiger partial charge in [0.25, 0.3) is 0 Å². The van der Waals surface area contributed by atoms with Gasteiger partial charge in [0, 0.05) is 31.5 Å². The predicted molar refractivity (Wildman–Crippen MR) is 151 cm³/mol. The normalized spacial score (nSPS) is 16.3. The van der Waals surface area contributed by atoms with E-state index in [0.717, 1.165) is 13.8 Å². The summed E-state index contributed by atoms with van der Waals surface area (Å²) < 4.78 is 495. The van der Waals surface area contributed by atoms with Gasteiger partial charge in [-0.2, -0.15) is 158 Å². The number of alkyl halides is 36. The van der Waals surface area contributed by atoms with Gasteiger partial charge in [0.05, 0.1) is 0 Å². The molecule has 0 spiro atoms. The second-order valence-electron chi connectivity index (χ2n) is 14.0. The smallest absolute Gasteiger partial charge is 0.241 e. The second-order valence-corrected chi connectivity index (χ2v) is 14.0. The average Bonchev–Trinajstić information content (AvgIpc) is 3.14. The van der Waals surface area contributed by atoms with Crippen LogP contribution in [0, 0.1) is 0 Å². The molecule has 0 aliphatic heterocycles. The molecule has 0 aliphatic rings. The molecule has 0 amide bonds. The summed E-state index contributed by atoms with van der Waals surface area (Å²) in [5, 5.41) is 0. The van der Waals surface area contributed by atoms with Crippen molar-refractivity contribution in [3.8, 4) is 0 Å². The van der Waals surface area contributed by atoms with Crippen molar-refractivity contribution in [1.29, 1.82) is 0 Å². The summed E-state index contributed by atoms with van der Waals surface area (Å²) in [6, 6.07) is -5.76. The fourth-order valence-electron chi connectivity index (χ4n) is 5.34. The summed E-state index contributed by atoms with van der Waals surface area (Å²) in [6.07, 6.45) is -28.2. The van der Waals surface area contributed by atoms with E-state index in [0.29, 0.717) is 0 Å². The lowest BCUT2D eigenvalue weighted by Crippen LogP contribution is -2.74. The van der Waals surface area contributed by atoms with E-state index in [1.54, 1.807) is 0 Å². The topological polar surface area (TPSA) is 3.24 Å². The third-order valence-electron chi connectivity index (χ3n) is 9.59. The first-order valence-corrected chi connectivity index (χ1v) is 17.0. The van der Waals surface area contributed by atoms with Crippen molar-refractivity contribution < 1.29 is 158 Å². The highest BCUT2D eigenvalue weighted by Gasteiger charge is 2.97. The Morgan fingerprint density at radius 2 is 0.500 bits per heavy atom. The summed E-state index contributed by atoms with van der Waals surface area (Å²) in [5.74, 6) is -120. The van der Waals surface area contributed by atoms with Crippen LogP contribution in [0.3, 0.4) is 0 Å². The number of hydrogen-bond acceptors (Lipinski definition) is 1. The molecule has 0 aliphatic carbocycles. The molecule has 0 unspecified atom stereocenters. The Morgan fingerprint density at radius 3 is 0.706 bits per heavy atom. The lowest BCUT2D eigenvalue weighted by atomic mass is 9.86. The Labute approximate surface area is 352 Å². The molecule has 37 heteroatoms. The molecule has 0 fully saturated rings. The minimum Gasteiger partial charge on any atom is -0.241 e. The van der Waals surface area contributed by atoms with E-state index in [1.165, 1.54) is 0 Å². The third-order valence-corrected chi connectivity index (χ3v) is 9.59. The van der Waals surface area contributed by atoms with Gasteiger partial charge in [-0.05, 0) is 36.1 Å². The quantitative estimate of drug-likeness (QED) is 0.0826. The van der Waals surface area contributed by atoms with Crippen molar-refractivity contribution in [3.63, 3.8) is 0 Å². The molecule has 1 aromatic carbocycles. The molecule has 0 atom stereocenters. The summed E-state index contributed by atoms with van der Waals surface area (Å²) in [5.41, 5.74) is -5.46. The standard InChI is InChI=1S/C31H21F36N/c1-3-68(4-2)17(36,37)14-10-12(5-7-15(32,33)18(38,39)20(42,43)22(46,47)24(50,51)26(54,55)28(58,59)30(62,63)64)9-13(11-14)6-8-16(34,35)19(40,41)21(44,45)23(48,49)25(52,53)27(56,57)29(60,61)31(65,66)67/h9-11H,3-8H2,1-2H3. The monoisotopic (exact) mass is 1090 g/mol. The molecule has 0 saturated heterocycles. The van der Waals surface area contributed by atoms with Crippen molar-refractivity contribution in [2.45, 2.75) is 141 Å². The van der Waals surface area contributed by atoms with Gasteiger partial charge in [0.2, 0.25) is 0 Å². The van der Waals surface area contributed by atoms with Gasteiger partial charge in [-0.3, -0.25) is 0 Å². The van der Waals surface area contributed by atoms with Gasteiger partial charge >= 0.3 is 101 Å². The van der Waals surface area contributed by atoms with Gasteiger partial charge < -0.3 is 0 Å². The number of hydrogen-bond donors (Lipinski definition) is 0. The predicted octanol–water partition coefficient (Wildman–Crippen LogP) is 15.0. The fourth-order valence-corrected chi connectivity index (χ4v) is 5.34. The van der Waals surface area contributed by atoms with E-state index in [1.807, 2.05) is 0 Å². The highest BCUT2D eigenvalue weighted by molar-refractivity contribution is 5.34. The highest BCUT2D eigenvalue weighted by Crippen LogP contribution is 2.66. The van der Waals surface area contributed by atoms with E-state index in [2.05, 4.69) is 0 Å². The Bertz CT molecular complexity index is 1780. The van der Waals surface area contributed by atoms with Crippen LogP contribution in [0.4, 0.5) is 158 Å². The Balaban J connectivity index is 3.92. The van der Waals surface area contributed by atoms with E-state index >= 15 is 8.78 Å². The zero-order valence-electron chi connectivity index (χ0n) is 32.0. The summed E-state index contributed by atoms with van der Waals surface area (Å²) in [7, 11) is 0. The first kappa shape index (κ1) is 62.7. The molecule has 1 nitrogen and oxygen atoms in total. The maximum absolute atomic E-state index is 15.3. The van der Waals surface area contributed by atoms with Gasteiger partial charge in [0.1, 0.15) is 0 Å². The minimum atomic E-state index is -9.09. The van der Waals surface area contributed by atoms with Crippen molar-refractivity contribution in [1.82, 2.24) is 4.90 Å². The van der Waals surface area contributed by atoms with Crippen molar-refractivity contribution in [2.24, 2.45) is 0 Å². The van der Waals surface area contributed by atoms with Gasteiger partial charge in [-0.1, -0.05) is 19.9 Å². The van der Waals surface area contributed by atoms with Crippen LogP contribution in [-0.4, -0.2) is 113 Å². The SMILES string of the molecule is CCN(CC)C(F)(F)c1cc(CCC(F)(F)C(F)(F)C(F)(F)C(F)(F)C(F)(F)C(F)(F)C(F)(F)C(F)(F)F)cc(CCC(F)(F)C(F)(F)C(F)(F)C(F)(F)C(F)(F)C(F)(F)C(F)(F)C(F)(F)F)c1. The van der Waals surface area contributed by atoms with Crippen LogP contribution in [-0.2, 0) is 18.9 Å². The molecular formula is C31H21F36N. The van der Waals surface area contributed by atoms with Crippen molar-refractivity contribution in [3.05, 3.63) is 34.9 Å². The van der Waals surface area contributed by atoms with E-state index in [9.17, 15) is 149 Å². The molecule has 0 heterocycles. The minimum absolute atomic E-state index is 0.0940. The van der Waals surface area contributed by atoms with Gasteiger partial charge in [0.15, 0.2) is 0 Å². The highest BCUT2D eigenvalue weighted by atomic mass is 19.4. The third kappa shape index (κ3) is 9.00. The van der Waals surface area contributed by atoms with Crippen LogP contribution in [0.15, 0.2) is 18.2 Å². The van der Waals surface area contributed by atoms with Crippen LogP contribution in [0.25, 0.3) is 0 Å². The summed E-state index contributed by atoms with van der Waals surface area (Å²) in [4.78, 5) is -0.0940. The van der Waals surface area contributed by atoms with E-state index < -0.39 is 157 Å². The molecule has 0 N–H and O–H groups in total. The van der Waals surface area contributed by atoms with Crippen LogP contribution in [0.1, 0.15) is 43.4 Å². The van der Waals surface area contributed by atoms with Crippen LogP contribution < -0.4 is 0 Å². The molecule has 402 valence electrons. The largest absolute Gasteiger partial charge is 0.460 e. The zero-order valence-corrected chi connectivity index (χ0v) is 32.0. The Morgan fingerprint density at radius 1 is 0.294 bits per heavy atom. The van der Waals surface area contributed by atoms with Crippen molar-refractivity contribution >= 4 is 0 Å². The summed E-state index contributed by atoms with van der Waals surface area (Å²) >= 11 is 0. The maximum Gasteiger partial charge on any atom is 0.460 e. The van der Waals surface area contributed by atoms with Crippen LogP contribution >= 0.6 is 0 Å². The van der Waals surface area contributed by atoms with Crippen LogP contribution in [0.5, 0.6) is 0 Å². The van der Waals surface area contributed by atoms with Crippen LogP contribution in [0.2, 0.25) is 0 Å². The van der Waals surface area contributed by atoms with E-state index in [4.69, 9.17) is 0 Å². The number of aryl methyl sites for hydroxylation is 2. The number of halogens is 36. The van der Waals surface area contributed by atoms with Crippen molar-refractivity contribution in [2.75, 3.05) is 13.1 Å². The van der Waals surface area contributed by atoms with E-state index in [-0.39, 0.29) is 23.1 Å². The molecule has 68 heavy (non-hydrogen) atoms. The number of benzene rings is 1. The molecule has 0 bridgehead atoms. The lowest BCUT2D eigenvalue weighted by Gasteiger charge is -2.42. The molecule has 0 radical (unpaired) electrons. The molecule has 1 rings (SSSR count). The first-order chi connectivity index (χ1) is 29.3. The Kier molecular flexibility index (Phi) is 16.1. The maximum atomic E-state index is 15.3. The van der Waals surface area contributed by atoms with Gasteiger partial charge in [-0.25, -0.2) is 4.90 Å². The zero-order chi connectivity index (χ0) is 55.2. The molecule has 0 aromatic heterocycles. The average molecular weight is 1090 g/mol. The second kappa shape index (κ2) is 17.5.